The number of aromatic nitrogens is 3. The van der Waals surface area contributed by atoms with E-state index in [-0.39, 0.29) is 5.91 Å². The van der Waals surface area contributed by atoms with Crippen LogP contribution < -0.4 is 11.1 Å². The van der Waals surface area contributed by atoms with Crippen LogP contribution in [0.5, 0.6) is 0 Å². The number of carbonyl (C=O) groups is 1. The fraction of sp³-hybridized carbons (Fsp3) is 0.133. The van der Waals surface area contributed by atoms with Crippen molar-refractivity contribution in [3.8, 4) is 0 Å². The number of fused-ring (bicyclic) bond motifs is 1. The summed E-state index contributed by atoms with van der Waals surface area (Å²) >= 11 is 0. The van der Waals surface area contributed by atoms with Gasteiger partial charge in [0.05, 0.1) is 5.52 Å². The molecule has 6 nitrogen and oxygen atoms in total. The second kappa shape index (κ2) is 5.34. The molecule has 106 valence electrons. The van der Waals surface area contributed by atoms with Crippen LogP contribution in [0.25, 0.3) is 10.9 Å². The topological polar surface area (TPSA) is 85.8 Å². The highest BCUT2D eigenvalue weighted by Gasteiger charge is 2.16. The van der Waals surface area contributed by atoms with Crippen LogP contribution in [0.15, 0.2) is 42.6 Å². The Bertz CT molecular complexity index is 791. The van der Waals surface area contributed by atoms with Gasteiger partial charge in [0.2, 0.25) is 0 Å². The van der Waals surface area contributed by atoms with Crippen molar-refractivity contribution in [2.75, 3.05) is 5.32 Å². The maximum absolute atomic E-state index is 12.3. The maximum Gasteiger partial charge on any atom is 0.277 e. The highest BCUT2D eigenvalue weighted by molar-refractivity contribution is 6.10. The molecule has 0 saturated carbocycles. The van der Waals surface area contributed by atoms with E-state index in [0.29, 0.717) is 18.1 Å². The average Bonchev–Trinajstić information content (AvgIpc) is 2.86. The Kier molecular flexibility index (Phi) is 3.37. The standard InChI is InChI=1S/C15H15N5O/c1-20-12-5-3-2-4-11(12)14(19-20)15(21)18-13-7-6-10(8-16)9-17-13/h2-7,9H,8,16H2,1H3,(H,17,18,21). The fourth-order valence-corrected chi connectivity index (χ4v) is 2.18. The molecule has 0 aliphatic heterocycles. The monoisotopic (exact) mass is 281 g/mol. The van der Waals surface area contributed by atoms with Crippen LogP contribution in [0.4, 0.5) is 5.82 Å². The maximum atomic E-state index is 12.3. The zero-order valence-electron chi connectivity index (χ0n) is 11.6. The summed E-state index contributed by atoms with van der Waals surface area (Å²) in [4.78, 5) is 16.5. The number of hydrogen-bond acceptors (Lipinski definition) is 4. The predicted molar refractivity (Wildman–Crippen MR) is 80.8 cm³/mol. The number of nitrogens with zero attached hydrogens (tertiary/aromatic N) is 3. The van der Waals surface area contributed by atoms with Crippen LogP contribution in [-0.4, -0.2) is 20.7 Å². The normalized spacial score (nSPS) is 10.8. The summed E-state index contributed by atoms with van der Waals surface area (Å²) in [6, 6.07) is 11.2. The van der Waals surface area contributed by atoms with Crippen molar-refractivity contribution in [3.63, 3.8) is 0 Å². The highest BCUT2D eigenvalue weighted by atomic mass is 16.2. The van der Waals surface area contributed by atoms with E-state index in [9.17, 15) is 4.79 Å². The van der Waals surface area contributed by atoms with Crippen molar-refractivity contribution in [3.05, 3.63) is 53.9 Å². The van der Waals surface area contributed by atoms with Crippen LogP contribution in [0.2, 0.25) is 0 Å². The Morgan fingerprint density at radius 2 is 2.10 bits per heavy atom. The van der Waals surface area contributed by atoms with Gasteiger partial charge in [-0.15, -0.1) is 0 Å². The molecule has 0 saturated heterocycles. The minimum absolute atomic E-state index is 0.278. The molecule has 21 heavy (non-hydrogen) atoms. The van der Waals surface area contributed by atoms with E-state index >= 15 is 0 Å². The Balaban J connectivity index is 1.90. The molecule has 2 aromatic heterocycles. The van der Waals surface area contributed by atoms with Crippen LogP contribution in [-0.2, 0) is 13.6 Å². The summed E-state index contributed by atoms with van der Waals surface area (Å²) in [5.41, 5.74) is 7.73. The molecule has 0 unspecified atom stereocenters. The zero-order chi connectivity index (χ0) is 14.8. The number of aryl methyl sites for hydroxylation is 1. The second-order valence-electron chi connectivity index (χ2n) is 4.70. The van der Waals surface area contributed by atoms with E-state index in [0.717, 1.165) is 16.5 Å². The van der Waals surface area contributed by atoms with Crippen LogP contribution in [0.3, 0.4) is 0 Å². The number of nitrogens with one attached hydrogen (secondary N) is 1. The molecule has 0 aliphatic rings. The molecule has 0 fully saturated rings. The average molecular weight is 281 g/mol. The Morgan fingerprint density at radius 1 is 1.29 bits per heavy atom. The van der Waals surface area contributed by atoms with Crippen molar-refractivity contribution in [1.29, 1.82) is 0 Å². The smallest absolute Gasteiger partial charge is 0.277 e. The fourth-order valence-electron chi connectivity index (χ4n) is 2.18. The number of benzene rings is 1. The lowest BCUT2D eigenvalue weighted by molar-refractivity contribution is 0.102. The number of carbonyl (C=O) groups excluding carboxylic acids is 1. The third kappa shape index (κ3) is 2.48. The number of rotatable bonds is 3. The molecular formula is C15H15N5O. The molecule has 0 spiro atoms. The molecule has 0 aliphatic carbocycles. The summed E-state index contributed by atoms with van der Waals surface area (Å²) in [7, 11) is 1.81. The lowest BCUT2D eigenvalue weighted by atomic mass is 10.2. The van der Waals surface area contributed by atoms with Crippen molar-refractivity contribution in [2.45, 2.75) is 6.54 Å². The van der Waals surface area contributed by atoms with Crippen LogP contribution in [0.1, 0.15) is 16.1 Å². The molecule has 3 aromatic rings. The van der Waals surface area contributed by atoms with Gasteiger partial charge in [0.1, 0.15) is 5.82 Å². The van der Waals surface area contributed by atoms with Crippen molar-refractivity contribution in [1.82, 2.24) is 14.8 Å². The predicted octanol–water partition coefficient (Wildman–Crippen LogP) is 1.68. The van der Waals surface area contributed by atoms with Gasteiger partial charge in [-0.2, -0.15) is 5.10 Å². The van der Waals surface area contributed by atoms with Gasteiger partial charge in [-0.05, 0) is 17.7 Å². The largest absolute Gasteiger partial charge is 0.326 e. The lowest BCUT2D eigenvalue weighted by Gasteiger charge is -2.03. The summed E-state index contributed by atoms with van der Waals surface area (Å²) < 4.78 is 1.69. The number of para-hydroxylation sites is 1. The highest BCUT2D eigenvalue weighted by Crippen LogP contribution is 2.18. The number of pyridine rings is 1. The molecule has 0 atom stereocenters. The van der Waals surface area contributed by atoms with Gasteiger partial charge < -0.3 is 11.1 Å². The zero-order valence-corrected chi connectivity index (χ0v) is 11.6. The SMILES string of the molecule is Cn1nc(C(=O)Nc2ccc(CN)cn2)c2ccccc21. The summed E-state index contributed by atoms with van der Waals surface area (Å²) in [6.07, 6.45) is 1.64. The van der Waals surface area contributed by atoms with E-state index in [2.05, 4.69) is 15.4 Å². The summed E-state index contributed by atoms with van der Waals surface area (Å²) in [6.45, 7) is 0.423. The Hall–Kier alpha value is -2.73. The molecule has 6 heteroatoms. The quantitative estimate of drug-likeness (QED) is 0.764. The van der Waals surface area contributed by atoms with Gasteiger partial charge in [0.25, 0.3) is 5.91 Å². The first-order chi connectivity index (χ1) is 10.2. The summed E-state index contributed by atoms with van der Waals surface area (Å²) in [5, 5.41) is 7.84. The molecule has 0 radical (unpaired) electrons. The molecule has 1 aromatic carbocycles. The van der Waals surface area contributed by atoms with Gasteiger partial charge in [-0.1, -0.05) is 24.3 Å². The van der Waals surface area contributed by atoms with Crippen molar-refractivity contribution >= 4 is 22.6 Å². The van der Waals surface area contributed by atoms with Gasteiger partial charge in [0, 0.05) is 25.2 Å². The minimum atomic E-state index is -0.278. The lowest BCUT2D eigenvalue weighted by Crippen LogP contribution is -2.14. The molecule has 3 rings (SSSR count). The number of nitrogens with two attached hydrogens (primary N) is 1. The van der Waals surface area contributed by atoms with Crippen LogP contribution >= 0.6 is 0 Å². The number of amides is 1. The molecule has 1 amide bonds. The minimum Gasteiger partial charge on any atom is -0.326 e. The summed E-state index contributed by atoms with van der Waals surface area (Å²) in [5.74, 6) is 0.201. The molecule has 3 N–H and O–H groups in total. The molecule has 0 bridgehead atoms. The Labute approximate surface area is 121 Å². The molecular weight excluding hydrogens is 266 g/mol. The van der Waals surface area contributed by atoms with Gasteiger partial charge >= 0.3 is 0 Å². The van der Waals surface area contributed by atoms with Crippen molar-refractivity contribution < 1.29 is 4.79 Å². The van der Waals surface area contributed by atoms with E-state index < -0.39 is 0 Å². The van der Waals surface area contributed by atoms with E-state index in [4.69, 9.17) is 5.73 Å². The van der Waals surface area contributed by atoms with E-state index in [1.165, 1.54) is 0 Å². The Morgan fingerprint density at radius 3 is 2.81 bits per heavy atom. The number of hydrogen-bond donors (Lipinski definition) is 2. The van der Waals surface area contributed by atoms with E-state index in [1.54, 1.807) is 16.9 Å². The van der Waals surface area contributed by atoms with E-state index in [1.807, 2.05) is 37.4 Å². The van der Waals surface area contributed by atoms with Gasteiger partial charge in [-0.25, -0.2) is 4.98 Å². The second-order valence-corrected chi connectivity index (χ2v) is 4.70. The van der Waals surface area contributed by atoms with Gasteiger partial charge in [0.15, 0.2) is 5.69 Å². The third-order valence-electron chi connectivity index (χ3n) is 3.27. The van der Waals surface area contributed by atoms with Gasteiger partial charge in [-0.3, -0.25) is 9.48 Å². The van der Waals surface area contributed by atoms with Crippen LogP contribution in [0, 0.1) is 0 Å². The third-order valence-corrected chi connectivity index (χ3v) is 3.27. The molecule has 2 heterocycles. The first-order valence-electron chi connectivity index (χ1n) is 6.57. The first-order valence-corrected chi connectivity index (χ1v) is 6.57. The first kappa shape index (κ1) is 13.3. The number of anilines is 1. The van der Waals surface area contributed by atoms with Crippen molar-refractivity contribution in [2.24, 2.45) is 12.8 Å².